The minimum atomic E-state index is 0.312. The molecule has 0 radical (unpaired) electrons. The smallest absolute Gasteiger partial charge is 0.115 e. The molecule has 0 bridgehead atoms. The lowest BCUT2D eigenvalue weighted by Crippen LogP contribution is -1.82. The van der Waals surface area contributed by atoms with E-state index in [4.69, 9.17) is 0 Å². The van der Waals surface area contributed by atoms with Gasteiger partial charge in [0.15, 0.2) is 0 Å². The Bertz CT molecular complexity index is 688. The van der Waals surface area contributed by atoms with Crippen molar-refractivity contribution in [1.82, 2.24) is 0 Å². The first-order chi connectivity index (χ1) is 10.3. The molecule has 0 heterocycles. The van der Waals surface area contributed by atoms with Crippen LogP contribution in [0.4, 0.5) is 0 Å². The molecule has 0 saturated heterocycles. The van der Waals surface area contributed by atoms with Gasteiger partial charge < -0.3 is 5.11 Å². The number of benzene rings is 3. The molecule has 0 aromatic heterocycles. The van der Waals surface area contributed by atoms with Gasteiger partial charge in [0.1, 0.15) is 5.75 Å². The van der Waals surface area contributed by atoms with Crippen molar-refractivity contribution in [3.05, 3.63) is 84.4 Å². The molecule has 2 heteroatoms. The summed E-state index contributed by atoms with van der Waals surface area (Å²) in [4.78, 5) is 1.17. The van der Waals surface area contributed by atoms with Crippen molar-refractivity contribution >= 4 is 11.8 Å². The lowest BCUT2D eigenvalue weighted by molar-refractivity contribution is 0.475. The zero-order valence-corrected chi connectivity index (χ0v) is 12.4. The molecule has 21 heavy (non-hydrogen) atoms. The highest BCUT2D eigenvalue weighted by atomic mass is 32.2. The van der Waals surface area contributed by atoms with Crippen LogP contribution >= 0.6 is 11.8 Å². The molecule has 3 aromatic rings. The van der Waals surface area contributed by atoms with E-state index in [0.29, 0.717) is 5.75 Å². The van der Waals surface area contributed by atoms with Gasteiger partial charge in [-0.2, -0.15) is 0 Å². The second-order valence-electron chi connectivity index (χ2n) is 4.85. The summed E-state index contributed by atoms with van der Waals surface area (Å²) in [5, 5.41) is 9.27. The fourth-order valence-electron chi connectivity index (χ4n) is 2.13. The third-order valence-electron chi connectivity index (χ3n) is 3.30. The first kappa shape index (κ1) is 13.8. The monoisotopic (exact) mass is 292 g/mol. The normalized spacial score (nSPS) is 10.5. The Morgan fingerprint density at radius 3 is 1.95 bits per heavy atom. The second kappa shape index (κ2) is 6.51. The maximum atomic E-state index is 9.27. The maximum absolute atomic E-state index is 9.27. The SMILES string of the molecule is Oc1ccc(SCc2ccc(-c3ccccc3)cc2)cc1. The van der Waals surface area contributed by atoms with Gasteiger partial charge in [0.05, 0.1) is 0 Å². The zero-order chi connectivity index (χ0) is 14.5. The Morgan fingerprint density at radius 1 is 0.667 bits per heavy atom. The highest BCUT2D eigenvalue weighted by molar-refractivity contribution is 7.98. The summed E-state index contributed by atoms with van der Waals surface area (Å²) in [7, 11) is 0. The summed E-state index contributed by atoms with van der Waals surface area (Å²) in [5.74, 6) is 1.24. The molecule has 0 aliphatic rings. The van der Waals surface area contributed by atoms with Crippen molar-refractivity contribution in [3.63, 3.8) is 0 Å². The first-order valence-corrected chi connectivity index (χ1v) is 7.86. The summed E-state index contributed by atoms with van der Waals surface area (Å²) in [5.41, 5.74) is 3.79. The minimum Gasteiger partial charge on any atom is -0.508 e. The summed E-state index contributed by atoms with van der Waals surface area (Å²) >= 11 is 1.77. The molecule has 0 aliphatic carbocycles. The molecule has 1 N–H and O–H groups in total. The van der Waals surface area contributed by atoms with Gasteiger partial charge >= 0.3 is 0 Å². The Labute approximate surface area is 129 Å². The Morgan fingerprint density at radius 2 is 1.29 bits per heavy atom. The van der Waals surface area contributed by atoms with Gasteiger partial charge in [0, 0.05) is 10.6 Å². The van der Waals surface area contributed by atoms with E-state index in [9.17, 15) is 5.11 Å². The molecule has 104 valence electrons. The molecular formula is C19H16OS. The van der Waals surface area contributed by atoms with E-state index in [-0.39, 0.29) is 0 Å². The highest BCUT2D eigenvalue weighted by Gasteiger charge is 1.99. The quantitative estimate of drug-likeness (QED) is 0.654. The van der Waals surface area contributed by atoms with E-state index in [1.165, 1.54) is 21.6 Å². The van der Waals surface area contributed by atoms with Gasteiger partial charge in [-0.25, -0.2) is 0 Å². The molecule has 0 saturated carbocycles. The predicted octanol–water partition coefficient (Wildman–Crippen LogP) is 5.35. The third kappa shape index (κ3) is 3.67. The summed E-state index contributed by atoms with van der Waals surface area (Å²) in [6.45, 7) is 0. The summed E-state index contributed by atoms with van der Waals surface area (Å²) in [6, 6.07) is 26.4. The molecule has 0 atom stereocenters. The number of hydrogen-bond donors (Lipinski definition) is 1. The van der Waals surface area contributed by atoms with E-state index < -0.39 is 0 Å². The number of aromatic hydroxyl groups is 1. The average molecular weight is 292 g/mol. The minimum absolute atomic E-state index is 0.312. The van der Waals surface area contributed by atoms with Gasteiger partial charge in [-0.3, -0.25) is 0 Å². The van der Waals surface area contributed by atoms with E-state index in [1.807, 2.05) is 18.2 Å². The van der Waals surface area contributed by atoms with E-state index in [1.54, 1.807) is 23.9 Å². The molecule has 3 aromatic carbocycles. The van der Waals surface area contributed by atoms with Crippen molar-refractivity contribution < 1.29 is 5.11 Å². The predicted molar refractivity (Wildman–Crippen MR) is 89.5 cm³/mol. The molecule has 3 rings (SSSR count). The standard InChI is InChI=1S/C19H16OS/c20-18-10-12-19(13-11-18)21-14-15-6-8-17(9-7-15)16-4-2-1-3-5-16/h1-13,20H,14H2. The van der Waals surface area contributed by atoms with Gasteiger partial charge in [0.25, 0.3) is 0 Å². The lowest BCUT2D eigenvalue weighted by atomic mass is 10.0. The van der Waals surface area contributed by atoms with Crippen LogP contribution in [-0.4, -0.2) is 5.11 Å². The van der Waals surface area contributed by atoms with Crippen molar-refractivity contribution in [2.24, 2.45) is 0 Å². The van der Waals surface area contributed by atoms with Crippen molar-refractivity contribution in [1.29, 1.82) is 0 Å². The van der Waals surface area contributed by atoms with Crippen LogP contribution in [0.25, 0.3) is 11.1 Å². The lowest BCUT2D eigenvalue weighted by Gasteiger charge is -2.05. The van der Waals surface area contributed by atoms with Crippen LogP contribution in [0.2, 0.25) is 0 Å². The van der Waals surface area contributed by atoms with Crippen LogP contribution < -0.4 is 0 Å². The molecule has 0 amide bonds. The second-order valence-corrected chi connectivity index (χ2v) is 5.89. The van der Waals surface area contributed by atoms with Gasteiger partial charge in [-0.1, -0.05) is 54.6 Å². The largest absolute Gasteiger partial charge is 0.508 e. The highest BCUT2D eigenvalue weighted by Crippen LogP contribution is 2.26. The van der Waals surface area contributed by atoms with Crippen LogP contribution in [0, 0.1) is 0 Å². The first-order valence-electron chi connectivity index (χ1n) is 6.87. The topological polar surface area (TPSA) is 20.2 Å². The van der Waals surface area contributed by atoms with E-state index in [0.717, 1.165) is 5.75 Å². The van der Waals surface area contributed by atoms with Crippen molar-refractivity contribution in [2.45, 2.75) is 10.6 Å². The average Bonchev–Trinajstić information content (AvgIpc) is 2.56. The van der Waals surface area contributed by atoms with Crippen LogP contribution in [0.5, 0.6) is 5.75 Å². The Hall–Kier alpha value is -2.19. The number of phenols is 1. The van der Waals surface area contributed by atoms with Gasteiger partial charge in [-0.05, 0) is 41.0 Å². The number of hydrogen-bond acceptors (Lipinski definition) is 2. The van der Waals surface area contributed by atoms with Crippen LogP contribution in [-0.2, 0) is 5.75 Å². The molecule has 1 nitrogen and oxygen atoms in total. The summed E-state index contributed by atoms with van der Waals surface area (Å²) in [6.07, 6.45) is 0. The number of rotatable bonds is 4. The van der Waals surface area contributed by atoms with Crippen molar-refractivity contribution in [2.75, 3.05) is 0 Å². The molecule has 0 aliphatic heterocycles. The molecule has 0 unspecified atom stereocenters. The Kier molecular flexibility index (Phi) is 4.27. The fourth-order valence-corrected chi connectivity index (χ4v) is 2.99. The van der Waals surface area contributed by atoms with Gasteiger partial charge in [0.2, 0.25) is 0 Å². The summed E-state index contributed by atoms with van der Waals surface area (Å²) < 4.78 is 0. The fraction of sp³-hybridized carbons (Fsp3) is 0.0526. The van der Waals surface area contributed by atoms with Crippen LogP contribution in [0.3, 0.4) is 0 Å². The third-order valence-corrected chi connectivity index (χ3v) is 4.39. The Balaban J connectivity index is 1.66. The molecule has 0 spiro atoms. The van der Waals surface area contributed by atoms with Crippen LogP contribution in [0.15, 0.2) is 83.8 Å². The van der Waals surface area contributed by atoms with Crippen molar-refractivity contribution in [3.8, 4) is 16.9 Å². The van der Waals surface area contributed by atoms with Crippen LogP contribution in [0.1, 0.15) is 5.56 Å². The molecular weight excluding hydrogens is 276 g/mol. The molecule has 0 fully saturated rings. The van der Waals surface area contributed by atoms with E-state index >= 15 is 0 Å². The maximum Gasteiger partial charge on any atom is 0.115 e. The number of thioether (sulfide) groups is 1. The van der Waals surface area contributed by atoms with Gasteiger partial charge in [-0.15, -0.1) is 11.8 Å². The van der Waals surface area contributed by atoms with E-state index in [2.05, 4.69) is 48.5 Å². The number of phenolic OH excluding ortho intramolecular Hbond substituents is 1. The zero-order valence-electron chi connectivity index (χ0n) is 11.6.